The van der Waals surface area contributed by atoms with Gasteiger partial charge in [0.05, 0.1) is 12.8 Å². The number of hydrogen-bond donors (Lipinski definition) is 2. The van der Waals surface area contributed by atoms with E-state index >= 15 is 0 Å². The Bertz CT molecular complexity index is 1160. The highest BCUT2D eigenvalue weighted by molar-refractivity contribution is 5.95. The molecule has 35 heavy (non-hydrogen) atoms. The average Bonchev–Trinajstić information content (AvgIpc) is 3.35. The maximum Gasteiger partial charge on any atom is 0.227 e. The molecule has 2 aromatic carbocycles. The van der Waals surface area contributed by atoms with Crippen LogP contribution in [-0.2, 0) is 16.0 Å². The highest BCUT2D eigenvalue weighted by Crippen LogP contribution is 2.27. The van der Waals surface area contributed by atoms with Crippen LogP contribution < -0.4 is 15.4 Å². The standard InChI is InChI=1S/C26H29FN4O4/c1-34-20-13-10-17(11-14-20)25-30-24(35-31-25)9-5-8-23(32)28-19-12-15-21(27)22(16-19)29-26(33)18-6-3-2-4-7-18/h10-16,18H,2-9H2,1H3,(H,28,32)(H,29,33). The predicted octanol–water partition coefficient (Wildman–Crippen LogP) is 5.36. The molecule has 184 valence electrons. The van der Waals surface area contributed by atoms with Crippen molar-refractivity contribution in [3.8, 4) is 17.1 Å². The summed E-state index contributed by atoms with van der Waals surface area (Å²) >= 11 is 0. The molecule has 0 unspecified atom stereocenters. The SMILES string of the molecule is COc1ccc(-c2noc(CCCC(=O)Nc3ccc(F)c(NC(=O)C4CCCCC4)c3)n2)cc1. The fraction of sp³-hybridized carbons (Fsp3) is 0.385. The molecule has 1 fully saturated rings. The third kappa shape index (κ3) is 6.65. The number of anilines is 2. The molecule has 0 atom stereocenters. The predicted molar refractivity (Wildman–Crippen MR) is 129 cm³/mol. The van der Waals surface area contributed by atoms with Gasteiger partial charge < -0.3 is 19.9 Å². The Hall–Kier alpha value is -3.75. The Morgan fingerprint density at radius 3 is 2.60 bits per heavy atom. The minimum absolute atomic E-state index is 0.0790. The van der Waals surface area contributed by atoms with Gasteiger partial charge in [-0.2, -0.15) is 4.98 Å². The summed E-state index contributed by atoms with van der Waals surface area (Å²) in [7, 11) is 1.60. The first-order valence-electron chi connectivity index (χ1n) is 11.9. The van der Waals surface area contributed by atoms with E-state index in [-0.39, 0.29) is 29.8 Å². The molecular weight excluding hydrogens is 451 g/mol. The number of nitrogens with one attached hydrogen (secondary N) is 2. The number of carbonyl (C=O) groups is 2. The van der Waals surface area contributed by atoms with E-state index in [0.29, 0.717) is 30.2 Å². The van der Waals surface area contributed by atoms with E-state index < -0.39 is 5.82 Å². The molecule has 2 amide bonds. The number of hydrogen-bond acceptors (Lipinski definition) is 6. The Balaban J connectivity index is 1.26. The van der Waals surface area contributed by atoms with Gasteiger partial charge in [-0.15, -0.1) is 0 Å². The van der Waals surface area contributed by atoms with Crippen molar-refractivity contribution in [1.82, 2.24) is 10.1 Å². The first-order chi connectivity index (χ1) is 17.0. The number of benzene rings is 2. The largest absolute Gasteiger partial charge is 0.497 e. The highest BCUT2D eigenvalue weighted by Gasteiger charge is 2.22. The number of rotatable bonds is 9. The molecule has 1 aromatic heterocycles. The van der Waals surface area contributed by atoms with E-state index in [0.717, 1.165) is 43.4 Å². The van der Waals surface area contributed by atoms with Gasteiger partial charge >= 0.3 is 0 Å². The van der Waals surface area contributed by atoms with Gasteiger partial charge in [-0.25, -0.2) is 4.39 Å². The molecular formula is C26H29FN4O4. The smallest absolute Gasteiger partial charge is 0.227 e. The minimum atomic E-state index is -0.531. The summed E-state index contributed by atoms with van der Waals surface area (Å²) in [4.78, 5) is 29.2. The normalized spacial score (nSPS) is 13.9. The number of nitrogens with zero attached hydrogens (tertiary/aromatic N) is 2. The molecule has 1 aliphatic rings. The van der Waals surface area contributed by atoms with Gasteiger partial charge in [-0.3, -0.25) is 9.59 Å². The number of carbonyl (C=O) groups excluding carboxylic acids is 2. The number of aryl methyl sites for hydroxylation is 1. The summed E-state index contributed by atoms with van der Waals surface area (Å²) < 4.78 is 24.7. The fourth-order valence-electron chi connectivity index (χ4n) is 4.14. The number of amides is 2. The van der Waals surface area contributed by atoms with Crippen LogP contribution in [0.15, 0.2) is 47.0 Å². The third-order valence-electron chi connectivity index (χ3n) is 6.09. The third-order valence-corrected chi connectivity index (χ3v) is 6.09. The molecule has 0 spiro atoms. The van der Waals surface area contributed by atoms with Crippen molar-refractivity contribution >= 4 is 23.2 Å². The van der Waals surface area contributed by atoms with Crippen molar-refractivity contribution in [3.63, 3.8) is 0 Å². The fourth-order valence-corrected chi connectivity index (χ4v) is 4.14. The number of methoxy groups -OCH3 is 1. The van der Waals surface area contributed by atoms with Crippen molar-refractivity contribution in [3.05, 3.63) is 54.2 Å². The van der Waals surface area contributed by atoms with Crippen LogP contribution in [0.25, 0.3) is 11.4 Å². The van der Waals surface area contributed by atoms with Crippen molar-refractivity contribution < 1.29 is 23.2 Å². The second kappa shape index (κ2) is 11.6. The maximum atomic E-state index is 14.2. The number of halogens is 1. The number of ether oxygens (including phenoxy) is 1. The van der Waals surface area contributed by atoms with E-state index in [9.17, 15) is 14.0 Å². The topological polar surface area (TPSA) is 106 Å². The summed E-state index contributed by atoms with van der Waals surface area (Å²) in [5.41, 5.74) is 1.31. The van der Waals surface area contributed by atoms with E-state index in [2.05, 4.69) is 20.8 Å². The zero-order valence-corrected chi connectivity index (χ0v) is 19.7. The summed E-state index contributed by atoms with van der Waals surface area (Å²) in [5, 5.41) is 9.42. The summed E-state index contributed by atoms with van der Waals surface area (Å²) in [6, 6.07) is 11.5. The van der Waals surface area contributed by atoms with E-state index in [4.69, 9.17) is 9.26 Å². The minimum Gasteiger partial charge on any atom is -0.497 e. The molecule has 4 rings (SSSR count). The van der Waals surface area contributed by atoms with Crippen LogP contribution in [-0.4, -0.2) is 29.1 Å². The average molecular weight is 481 g/mol. The monoisotopic (exact) mass is 480 g/mol. The van der Waals surface area contributed by atoms with Gasteiger partial charge in [-0.05, 0) is 61.7 Å². The van der Waals surface area contributed by atoms with Gasteiger partial charge in [0.15, 0.2) is 0 Å². The molecule has 1 saturated carbocycles. The van der Waals surface area contributed by atoms with Crippen LogP contribution in [0.2, 0.25) is 0 Å². The summed E-state index contributed by atoms with van der Waals surface area (Å²) in [6.45, 7) is 0. The molecule has 0 radical (unpaired) electrons. The highest BCUT2D eigenvalue weighted by atomic mass is 19.1. The number of aromatic nitrogens is 2. The molecule has 0 saturated heterocycles. The van der Waals surface area contributed by atoms with Crippen molar-refractivity contribution in [2.75, 3.05) is 17.7 Å². The van der Waals surface area contributed by atoms with E-state index in [1.165, 1.54) is 18.2 Å². The van der Waals surface area contributed by atoms with Crippen LogP contribution in [0.1, 0.15) is 50.8 Å². The Morgan fingerprint density at radius 1 is 1.09 bits per heavy atom. The zero-order chi connectivity index (χ0) is 24.6. The first kappa shape index (κ1) is 24.4. The van der Waals surface area contributed by atoms with E-state index in [1.807, 2.05) is 24.3 Å². The Kier molecular flexibility index (Phi) is 8.07. The molecule has 8 nitrogen and oxygen atoms in total. The van der Waals surface area contributed by atoms with Crippen LogP contribution in [0.5, 0.6) is 5.75 Å². The molecule has 3 aromatic rings. The molecule has 0 bridgehead atoms. The molecule has 2 N–H and O–H groups in total. The Labute approximate surface area is 203 Å². The van der Waals surface area contributed by atoms with Gasteiger partial charge in [0.2, 0.25) is 23.5 Å². The van der Waals surface area contributed by atoms with Crippen molar-refractivity contribution in [1.29, 1.82) is 0 Å². The van der Waals surface area contributed by atoms with Crippen molar-refractivity contribution in [2.45, 2.75) is 51.4 Å². The van der Waals surface area contributed by atoms with Gasteiger partial charge in [0, 0.05) is 30.0 Å². The quantitative estimate of drug-likeness (QED) is 0.427. The van der Waals surface area contributed by atoms with Crippen molar-refractivity contribution in [2.24, 2.45) is 5.92 Å². The summed E-state index contributed by atoms with van der Waals surface area (Å²) in [5.74, 6) is 0.645. The second-order valence-electron chi connectivity index (χ2n) is 8.66. The van der Waals surface area contributed by atoms with Gasteiger partial charge in [-0.1, -0.05) is 24.4 Å². The molecule has 0 aliphatic heterocycles. The zero-order valence-electron chi connectivity index (χ0n) is 19.7. The first-order valence-corrected chi connectivity index (χ1v) is 11.9. The van der Waals surface area contributed by atoms with Crippen LogP contribution >= 0.6 is 0 Å². The molecule has 1 heterocycles. The maximum absolute atomic E-state index is 14.2. The van der Waals surface area contributed by atoms with Crippen LogP contribution in [0.4, 0.5) is 15.8 Å². The van der Waals surface area contributed by atoms with Gasteiger partial charge in [0.1, 0.15) is 11.6 Å². The lowest BCUT2D eigenvalue weighted by molar-refractivity contribution is -0.120. The van der Waals surface area contributed by atoms with Crippen LogP contribution in [0.3, 0.4) is 0 Å². The molecule has 9 heteroatoms. The molecule has 1 aliphatic carbocycles. The Morgan fingerprint density at radius 2 is 1.86 bits per heavy atom. The lowest BCUT2D eigenvalue weighted by atomic mass is 9.88. The summed E-state index contributed by atoms with van der Waals surface area (Å²) in [6.07, 6.45) is 5.99. The van der Waals surface area contributed by atoms with Gasteiger partial charge in [0.25, 0.3) is 0 Å². The van der Waals surface area contributed by atoms with Crippen LogP contribution in [0, 0.1) is 11.7 Å². The van der Waals surface area contributed by atoms with E-state index in [1.54, 1.807) is 7.11 Å². The second-order valence-corrected chi connectivity index (χ2v) is 8.66. The lowest BCUT2D eigenvalue weighted by Gasteiger charge is -2.21. The lowest BCUT2D eigenvalue weighted by Crippen LogP contribution is -2.25.